The Morgan fingerprint density at radius 3 is 2.52 bits per heavy atom. The number of morpholine rings is 1. The highest BCUT2D eigenvalue weighted by Gasteiger charge is 2.24. The summed E-state index contributed by atoms with van der Waals surface area (Å²) in [7, 11) is 0. The molecule has 31 heavy (non-hydrogen) atoms. The minimum atomic E-state index is 0.0333. The molecule has 0 amide bonds. The van der Waals surface area contributed by atoms with Gasteiger partial charge in [-0.2, -0.15) is 0 Å². The molecule has 1 aromatic carbocycles. The second kappa shape index (κ2) is 9.01. The molecule has 3 aliphatic rings. The van der Waals surface area contributed by atoms with Gasteiger partial charge in [0.05, 0.1) is 24.5 Å². The third kappa shape index (κ3) is 4.62. The summed E-state index contributed by atoms with van der Waals surface area (Å²) in [6.07, 6.45) is 3.17. The lowest BCUT2D eigenvalue weighted by atomic mass is 9.99. The van der Waals surface area contributed by atoms with Crippen molar-refractivity contribution in [3.63, 3.8) is 0 Å². The van der Waals surface area contributed by atoms with Gasteiger partial charge in [0.15, 0.2) is 0 Å². The van der Waals surface area contributed by atoms with Crippen LogP contribution >= 0.6 is 0 Å². The Balaban J connectivity index is 1.24. The summed E-state index contributed by atoms with van der Waals surface area (Å²) in [6.45, 7) is 10.2. The zero-order valence-electron chi connectivity index (χ0n) is 18.5. The molecule has 7 nitrogen and oxygen atoms in total. The molecule has 2 fully saturated rings. The molecule has 0 unspecified atom stereocenters. The first-order valence-corrected chi connectivity index (χ1v) is 11.7. The molecule has 4 heterocycles. The Bertz CT molecular complexity index is 943. The highest BCUT2D eigenvalue weighted by molar-refractivity contribution is 5.48. The SMILES string of the molecule is CC1CCN(c2nc3c(c(=O)[nH]2)CN(Cc2ccc(N4CCOCC4)cc2)CC3)CC1. The second-order valence-electron chi connectivity index (χ2n) is 9.21. The smallest absolute Gasteiger partial charge is 0.257 e. The van der Waals surface area contributed by atoms with E-state index in [4.69, 9.17) is 9.72 Å². The lowest BCUT2D eigenvalue weighted by Crippen LogP contribution is -2.39. The van der Waals surface area contributed by atoms with Gasteiger partial charge in [0, 0.05) is 57.9 Å². The number of aromatic nitrogens is 2. The summed E-state index contributed by atoms with van der Waals surface area (Å²) in [5.41, 5.74) is 4.40. The van der Waals surface area contributed by atoms with Crippen LogP contribution in [0.5, 0.6) is 0 Å². The Morgan fingerprint density at radius 2 is 1.77 bits per heavy atom. The number of nitrogens with zero attached hydrogens (tertiary/aromatic N) is 4. The zero-order chi connectivity index (χ0) is 21.2. The average Bonchev–Trinajstić information content (AvgIpc) is 2.81. The van der Waals surface area contributed by atoms with Crippen LogP contribution in [0.1, 0.15) is 36.6 Å². The Labute approximate surface area is 184 Å². The van der Waals surface area contributed by atoms with Crippen molar-refractivity contribution in [1.29, 1.82) is 0 Å². The summed E-state index contributed by atoms with van der Waals surface area (Å²) >= 11 is 0. The van der Waals surface area contributed by atoms with Crippen molar-refractivity contribution in [2.24, 2.45) is 5.92 Å². The predicted octanol–water partition coefficient (Wildman–Crippen LogP) is 2.40. The van der Waals surface area contributed by atoms with Gasteiger partial charge < -0.3 is 14.5 Å². The molecule has 0 atom stereocenters. The first-order chi connectivity index (χ1) is 15.2. The minimum Gasteiger partial charge on any atom is -0.378 e. The third-order valence-corrected chi connectivity index (χ3v) is 6.94. The fourth-order valence-electron chi connectivity index (χ4n) is 4.86. The molecule has 1 N–H and O–H groups in total. The Morgan fingerprint density at radius 1 is 1.03 bits per heavy atom. The number of piperidine rings is 1. The predicted molar refractivity (Wildman–Crippen MR) is 123 cm³/mol. The standard InChI is InChI=1S/C24H33N5O2/c1-18-6-10-29(11-7-18)24-25-22-8-9-27(17-21(22)23(30)26-24)16-19-2-4-20(5-3-19)28-12-14-31-15-13-28/h2-5,18H,6-17H2,1H3,(H,25,26,30). The molecule has 0 aliphatic carbocycles. The van der Waals surface area contributed by atoms with Gasteiger partial charge in [-0.1, -0.05) is 19.1 Å². The lowest BCUT2D eigenvalue weighted by Gasteiger charge is -2.32. The van der Waals surface area contributed by atoms with Crippen molar-refractivity contribution in [3.8, 4) is 0 Å². The van der Waals surface area contributed by atoms with Crippen LogP contribution in [0.2, 0.25) is 0 Å². The molecule has 2 aromatic rings. The third-order valence-electron chi connectivity index (χ3n) is 6.94. The highest BCUT2D eigenvalue weighted by atomic mass is 16.5. The number of H-pyrrole nitrogens is 1. The van der Waals surface area contributed by atoms with Crippen molar-refractivity contribution in [2.75, 3.05) is 55.7 Å². The number of nitrogens with one attached hydrogen (secondary N) is 1. The van der Waals surface area contributed by atoms with Crippen LogP contribution in [0.3, 0.4) is 0 Å². The van der Waals surface area contributed by atoms with Gasteiger partial charge in [0.1, 0.15) is 0 Å². The molecular weight excluding hydrogens is 390 g/mol. The monoisotopic (exact) mass is 423 g/mol. The van der Waals surface area contributed by atoms with Crippen LogP contribution in [0, 0.1) is 5.92 Å². The van der Waals surface area contributed by atoms with Crippen LogP contribution in [0.15, 0.2) is 29.1 Å². The fourth-order valence-corrected chi connectivity index (χ4v) is 4.86. The van der Waals surface area contributed by atoms with Crippen molar-refractivity contribution in [1.82, 2.24) is 14.9 Å². The van der Waals surface area contributed by atoms with Gasteiger partial charge >= 0.3 is 0 Å². The van der Waals surface area contributed by atoms with Crippen LogP contribution in [-0.4, -0.2) is 60.8 Å². The van der Waals surface area contributed by atoms with E-state index in [1.807, 2.05) is 0 Å². The molecule has 1 aromatic heterocycles. The van der Waals surface area contributed by atoms with E-state index in [0.717, 1.165) is 82.0 Å². The van der Waals surface area contributed by atoms with Gasteiger partial charge in [0.2, 0.25) is 5.95 Å². The number of anilines is 2. The van der Waals surface area contributed by atoms with Crippen LogP contribution in [0.25, 0.3) is 0 Å². The largest absolute Gasteiger partial charge is 0.378 e. The number of ether oxygens (including phenoxy) is 1. The lowest BCUT2D eigenvalue weighted by molar-refractivity contribution is 0.122. The van der Waals surface area contributed by atoms with Gasteiger partial charge in [0.25, 0.3) is 5.56 Å². The molecule has 0 bridgehead atoms. The van der Waals surface area contributed by atoms with Crippen molar-refractivity contribution in [2.45, 2.75) is 39.3 Å². The second-order valence-corrected chi connectivity index (χ2v) is 9.21. The summed E-state index contributed by atoms with van der Waals surface area (Å²) in [4.78, 5) is 27.7. The molecule has 0 saturated carbocycles. The number of benzene rings is 1. The molecule has 3 aliphatic heterocycles. The van der Waals surface area contributed by atoms with E-state index < -0.39 is 0 Å². The maximum atomic E-state index is 12.8. The van der Waals surface area contributed by atoms with E-state index in [-0.39, 0.29) is 5.56 Å². The molecule has 0 spiro atoms. The number of hydrogen-bond donors (Lipinski definition) is 1. The molecule has 7 heteroatoms. The maximum absolute atomic E-state index is 12.8. The van der Waals surface area contributed by atoms with Crippen LogP contribution in [0.4, 0.5) is 11.6 Å². The van der Waals surface area contributed by atoms with Crippen molar-refractivity contribution in [3.05, 3.63) is 51.4 Å². The first kappa shape index (κ1) is 20.5. The molecule has 0 radical (unpaired) electrons. The molecule has 5 rings (SSSR count). The number of fused-ring (bicyclic) bond motifs is 1. The fraction of sp³-hybridized carbons (Fsp3) is 0.583. The van der Waals surface area contributed by atoms with E-state index in [9.17, 15) is 4.79 Å². The van der Waals surface area contributed by atoms with Gasteiger partial charge in [-0.05, 0) is 36.5 Å². The van der Waals surface area contributed by atoms with Gasteiger partial charge in [-0.25, -0.2) is 4.98 Å². The topological polar surface area (TPSA) is 64.7 Å². The average molecular weight is 424 g/mol. The van der Waals surface area contributed by atoms with Crippen LogP contribution in [-0.2, 0) is 24.2 Å². The first-order valence-electron chi connectivity index (χ1n) is 11.7. The number of hydrogen-bond acceptors (Lipinski definition) is 6. The van der Waals surface area contributed by atoms with Crippen molar-refractivity contribution < 1.29 is 4.74 Å². The summed E-state index contributed by atoms with van der Waals surface area (Å²) in [5.74, 6) is 1.53. The highest BCUT2D eigenvalue weighted by Crippen LogP contribution is 2.23. The Hall–Kier alpha value is -2.38. The number of rotatable bonds is 4. The van der Waals surface area contributed by atoms with Gasteiger partial charge in [-0.3, -0.25) is 14.7 Å². The van der Waals surface area contributed by atoms with Gasteiger partial charge in [-0.15, -0.1) is 0 Å². The van der Waals surface area contributed by atoms with E-state index in [1.54, 1.807) is 0 Å². The minimum absolute atomic E-state index is 0.0333. The Kier molecular flexibility index (Phi) is 5.96. The van der Waals surface area contributed by atoms with E-state index in [0.29, 0.717) is 6.54 Å². The zero-order valence-corrected chi connectivity index (χ0v) is 18.5. The molecule has 166 valence electrons. The van der Waals surface area contributed by atoms with E-state index in [1.165, 1.54) is 24.1 Å². The summed E-state index contributed by atoms with van der Waals surface area (Å²) in [6, 6.07) is 8.84. The number of aromatic amines is 1. The normalized spacial score (nSPS) is 20.7. The van der Waals surface area contributed by atoms with E-state index >= 15 is 0 Å². The summed E-state index contributed by atoms with van der Waals surface area (Å²) in [5, 5.41) is 0. The maximum Gasteiger partial charge on any atom is 0.257 e. The molecular formula is C24H33N5O2. The molecule has 2 saturated heterocycles. The van der Waals surface area contributed by atoms with Crippen LogP contribution < -0.4 is 15.4 Å². The quantitative estimate of drug-likeness (QED) is 0.815. The van der Waals surface area contributed by atoms with E-state index in [2.05, 4.69) is 50.9 Å². The van der Waals surface area contributed by atoms with Crippen molar-refractivity contribution >= 4 is 11.6 Å². The summed E-state index contributed by atoms with van der Waals surface area (Å²) < 4.78 is 5.45.